The summed E-state index contributed by atoms with van der Waals surface area (Å²) in [5.41, 5.74) is 1.26. The number of hydrogen-bond donors (Lipinski definition) is 1. The maximum absolute atomic E-state index is 13.7. The van der Waals surface area contributed by atoms with Gasteiger partial charge in [-0.3, -0.25) is 9.59 Å². The molecule has 28 heavy (non-hydrogen) atoms. The van der Waals surface area contributed by atoms with Crippen LogP contribution in [0.1, 0.15) is 24.5 Å². The quantitative estimate of drug-likeness (QED) is 0.690. The predicted octanol–water partition coefficient (Wildman–Crippen LogP) is 3.75. The van der Waals surface area contributed by atoms with Crippen LogP contribution in [0.5, 0.6) is 0 Å². The summed E-state index contributed by atoms with van der Waals surface area (Å²) in [5.74, 6) is -0.663. The summed E-state index contributed by atoms with van der Waals surface area (Å²) >= 11 is 1.29. The van der Waals surface area contributed by atoms with Gasteiger partial charge >= 0.3 is 0 Å². The van der Waals surface area contributed by atoms with Crippen LogP contribution >= 0.6 is 11.8 Å². The molecule has 0 aromatic heterocycles. The van der Waals surface area contributed by atoms with Crippen molar-refractivity contribution in [3.63, 3.8) is 0 Å². The smallest absolute Gasteiger partial charge is 0.242 e. The highest BCUT2D eigenvalue weighted by Crippen LogP contribution is 2.19. The van der Waals surface area contributed by atoms with Gasteiger partial charge in [-0.05, 0) is 35.7 Å². The zero-order valence-electron chi connectivity index (χ0n) is 16.0. The molecule has 0 fully saturated rings. The van der Waals surface area contributed by atoms with E-state index in [1.807, 2.05) is 6.92 Å². The van der Waals surface area contributed by atoms with Gasteiger partial charge in [-0.1, -0.05) is 37.3 Å². The van der Waals surface area contributed by atoms with Crippen LogP contribution in [0.3, 0.4) is 0 Å². The molecule has 2 rings (SSSR count). The first-order valence-corrected chi connectivity index (χ1v) is 10.2. The zero-order chi connectivity index (χ0) is 20.5. The Balaban J connectivity index is 2.10. The number of nitrogens with zero attached hydrogens (tertiary/aromatic N) is 1. The number of rotatable bonds is 9. The number of carbonyl (C=O) groups is 2. The summed E-state index contributed by atoms with van der Waals surface area (Å²) < 4.78 is 26.9. The van der Waals surface area contributed by atoms with E-state index in [9.17, 15) is 18.4 Å². The van der Waals surface area contributed by atoms with Gasteiger partial charge in [0.1, 0.15) is 17.7 Å². The lowest BCUT2D eigenvalue weighted by Crippen LogP contribution is -2.48. The molecule has 1 N–H and O–H groups in total. The molecule has 1 atom stereocenters. The van der Waals surface area contributed by atoms with Gasteiger partial charge in [-0.2, -0.15) is 0 Å². The molecule has 7 heteroatoms. The topological polar surface area (TPSA) is 49.4 Å². The molecular weight excluding hydrogens is 382 g/mol. The summed E-state index contributed by atoms with van der Waals surface area (Å²) in [6.07, 6.45) is 0.449. The van der Waals surface area contributed by atoms with Crippen molar-refractivity contribution < 1.29 is 18.4 Å². The van der Waals surface area contributed by atoms with E-state index in [1.165, 1.54) is 41.9 Å². The van der Waals surface area contributed by atoms with Crippen molar-refractivity contribution in [1.82, 2.24) is 10.2 Å². The van der Waals surface area contributed by atoms with Gasteiger partial charge < -0.3 is 10.2 Å². The highest BCUT2D eigenvalue weighted by molar-refractivity contribution is 7.99. The van der Waals surface area contributed by atoms with Gasteiger partial charge in [0.05, 0.1) is 5.75 Å². The Kier molecular flexibility index (Phi) is 8.44. The largest absolute Gasteiger partial charge is 0.357 e. The molecule has 0 saturated carbocycles. The molecule has 150 valence electrons. The van der Waals surface area contributed by atoms with E-state index in [0.29, 0.717) is 17.7 Å². The summed E-state index contributed by atoms with van der Waals surface area (Å²) in [4.78, 5) is 26.6. The van der Waals surface area contributed by atoms with Gasteiger partial charge in [0.25, 0.3) is 0 Å². The maximum atomic E-state index is 13.7. The van der Waals surface area contributed by atoms with E-state index in [-0.39, 0.29) is 35.7 Å². The Morgan fingerprint density at radius 1 is 1.11 bits per heavy atom. The van der Waals surface area contributed by atoms with Crippen molar-refractivity contribution >= 4 is 23.6 Å². The third-order valence-electron chi connectivity index (χ3n) is 4.34. The normalized spacial score (nSPS) is 11.7. The summed E-state index contributed by atoms with van der Waals surface area (Å²) in [5, 5.41) is 2.59. The molecule has 0 bridgehead atoms. The average molecular weight is 406 g/mol. The lowest BCUT2D eigenvalue weighted by Gasteiger charge is -2.30. The van der Waals surface area contributed by atoms with Crippen molar-refractivity contribution in [1.29, 1.82) is 0 Å². The molecule has 0 unspecified atom stereocenters. The minimum absolute atomic E-state index is 0.114. The Bertz CT molecular complexity index is 799. The predicted molar refractivity (Wildman–Crippen MR) is 108 cm³/mol. The van der Waals surface area contributed by atoms with E-state index in [2.05, 4.69) is 5.32 Å². The lowest BCUT2D eigenvalue weighted by atomic mass is 10.1. The number of halogens is 2. The van der Waals surface area contributed by atoms with Crippen molar-refractivity contribution in [3.8, 4) is 0 Å². The fraction of sp³-hybridized carbons (Fsp3) is 0.333. The molecule has 0 aliphatic carbocycles. The van der Waals surface area contributed by atoms with Crippen LogP contribution in [0, 0.1) is 11.6 Å². The number of hydrogen-bond acceptors (Lipinski definition) is 3. The Labute approximate surface area is 168 Å². The number of likely N-dealkylation sites (N-methyl/N-ethyl adjacent to an activating group) is 1. The molecule has 0 spiro atoms. The molecule has 0 aliphatic rings. The van der Waals surface area contributed by atoms with E-state index >= 15 is 0 Å². The number of thioether (sulfide) groups is 1. The molecule has 0 saturated heterocycles. The molecule has 2 aromatic rings. The van der Waals surface area contributed by atoms with Gasteiger partial charge in [-0.15, -0.1) is 11.8 Å². The lowest BCUT2D eigenvalue weighted by molar-refractivity contribution is -0.139. The number of nitrogens with one attached hydrogen (secondary N) is 1. The van der Waals surface area contributed by atoms with Crippen molar-refractivity contribution in [3.05, 3.63) is 71.3 Å². The van der Waals surface area contributed by atoms with Crippen LogP contribution in [0.2, 0.25) is 0 Å². The van der Waals surface area contributed by atoms with Crippen LogP contribution in [-0.4, -0.2) is 35.6 Å². The number of amides is 2. The average Bonchev–Trinajstić information content (AvgIpc) is 2.70. The fourth-order valence-electron chi connectivity index (χ4n) is 2.82. The molecule has 0 aliphatic heterocycles. The number of benzene rings is 2. The fourth-order valence-corrected chi connectivity index (χ4v) is 3.72. The Morgan fingerprint density at radius 2 is 1.79 bits per heavy atom. The molecular formula is C21H24F2N2O2S. The van der Waals surface area contributed by atoms with E-state index in [0.717, 1.165) is 5.56 Å². The first-order chi connectivity index (χ1) is 13.5. The first-order valence-electron chi connectivity index (χ1n) is 9.03. The Morgan fingerprint density at radius 3 is 2.39 bits per heavy atom. The van der Waals surface area contributed by atoms with Crippen LogP contribution < -0.4 is 5.32 Å². The minimum Gasteiger partial charge on any atom is -0.357 e. The SMILES string of the molecule is CC[C@@H](C(=O)NC)N(Cc1ccc(F)cc1)C(=O)CSCc1ccccc1F. The van der Waals surface area contributed by atoms with Gasteiger partial charge in [-0.25, -0.2) is 8.78 Å². The third kappa shape index (κ3) is 6.05. The molecule has 2 amide bonds. The van der Waals surface area contributed by atoms with E-state index < -0.39 is 6.04 Å². The minimum atomic E-state index is -0.628. The number of carbonyl (C=O) groups excluding carboxylic acids is 2. The second kappa shape index (κ2) is 10.8. The second-order valence-corrected chi connectivity index (χ2v) is 7.26. The first kappa shape index (κ1) is 21.9. The maximum Gasteiger partial charge on any atom is 0.242 e. The van der Waals surface area contributed by atoms with Gasteiger partial charge in [0, 0.05) is 19.3 Å². The second-order valence-electron chi connectivity index (χ2n) is 6.27. The molecule has 4 nitrogen and oxygen atoms in total. The highest BCUT2D eigenvalue weighted by atomic mass is 32.2. The summed E-state index contributed by atoms with van der Waals surface area (Å²) in [7, 11) is 1.53. The highest BCUT2D eigenvalue weighted by Gasteiger charge is 2.27. The summed E-state index contributed by atoms with van der Waals surface area (Å²) in [6.45, 7) is 2.03. The third-order valence-corrected chi connectivity index (χ3v) is 5.31. The molecule has 0 heterocycles. The molecule has 2 aromatic carbocycles. The van der Waals surface area contributed by atoms with E-state index in [1.54, 1.807) is 30.3 Å². The van der Waals surface area contributed by atoms with Gasteiger partial charge in [0.2, 0.25) is 11.8 Å². The standard InChI is InChI=1S/C21H24F2N2O2S/c1-3-19(21(27)24-2)25(12-15-8-10-17(22)11-9-15)20(26)14-28-13-16-6-4-5-7-18(16)23/h4-11,19H,3,12-14H2,1-2H3,(H,24,27)/t19-/m0/s1. The van der Waals surface area contributed by atoms with Crippen LogP contribution in [0.4, 0.5) is 8.78 Å². The summed E-state index contributed by atoms with van der Waals surface area (Å²) in [6, 6.07) is 11.7. The monoisotopic (exact) mass is 406 g/mol. The van der Waals surface area contributed by atoms with E-state index in [4.69, 9.17) is 0 Å². The zero-order valence-corrected chi connectivity index (χ0v) is 16.8. The van der Waals surface area contributed by atoms with Crippen molar-refractivity contribution in [2.75, 3.05) is 12.8 Å². The van der Waals surface area contributed by atoms with Crippen LogP contribution in [0.25, 0.3) is 0 Å². The van der Waals surface area contributed by atoms with Crippen LogP contribution in [0.15, 0.2) is 48.5 Å². The van der Waals surface area contributed by atoms with Crippen LogP contribution in [-0.2, 0) is 21.9 Å². The molecule has 0 radical (unpaired) electrons. The Hall–Kier alpha value is -2.41. The van der Waals surface area contributed by atoms with Crippen molar-refractivity contribution in [2.24, 2.45) is 0 Å². The van der Waals surface area contributed by atoms with Gasteiger partial charge in [0.15, 0.2) is 0 Å². The van der Waals surface area contributed by atoms with Crippen molar-refractivity contribution in [2.45, 2.75) is 31.7 Å².